The van der Waals surface area contributed by atoms with Crippen molar-refractivity contribution in [2.24, 2.45) is 11.8 Å². The van der Waals surface area contributed by atoms with Gasteiger partial charge in [-0.2, -0.15) is 35.9 Å². The van der Waals surface area contributed by atoms with Gasteiger partial charge in [0.15, 0.2) is 0 Å². The smallest absolute Gasteiger partial charge is 0.366 e. The van der Waals surface area contributed by atoms with Crippen LogP contribution >= 0.6 is 0 Å². The normalized spacial score (nSPS) is 33.7. The number of rotatable bonds is 4. The van der Waals surface area contributed by atoms with Crippen LogP contribution in [0.25, 0.3) is 0 Å². The second-order valence-electron chi connectivity index (χ2n) is 9.07. The third-order valence-corrected chi connectivity index (χ3v) is 8.34. The molecule has 4 rings (SSSR count). The number of fused-ring (bicyclic) bond motifs is 5. The molecule has 0 spiro atoms. The molecular formula is C20H21F3N4O5S. The zero-order valence-corrected chi connectivity index (χ0v) is 18.9. The molecule has 2 amide bonds. The summed E-state index contributed by atoms with van der Waals surface area (Å²) in [7, 11) is -1.22. The maximum absolute atomic E-state index is 13.4. The van der Waals surface area contributed by atoms with Crippen molar-refractivity contribution in [2.75, 3.05) is 19.0 Å². The van der Waals surface area contributed by atoms with E-state index in [1.807, 2.05) is 0 Å². The van der Waals surface area contributed by atoms with Crippen LogP contribution in [0.1, 0.15) is 31.4 Å². The van der Waals surface area contributed by atoms with Crippen LogP contribution < -0.4 is 9.62 Å². The quantitative estimate of drug-likeness (QED) is 0.643. The summed E-state index contributed by atoms with van der Waals surface area (Å²) in [6.45, 7) is 3.12. The Labute approximate surface area is 188 Å². The molecule has 3 aliphatic rings. The number of halogens is 3. The van der Waals surface area contributed by atoms with E-state index in [-0.39, 0.29) is 12.1 Å². The van der Waals surface area contributed by atoms with Gasteiger partial charge in [0.05, 0.1) is 52.0 Å². The highest BCUT2D eigenvalue weighted by atomic mass is 32.2. The van der Waals surface area contributed by atoms with E-state index in [1.54, 1.807) is 6.92 Å². The molecule has 0 saturated carbocycles. The topological polar surface area (TPSA) is 120 Å². The molecule has 3 heterocycles. The fraction of sp³-hybridized carbons (Fsp3) is 0.550. The van der Waals surface area contributed by atoms with E-state index in [0.29, 0.717) is 11.0 Å². The number of carbonyl (C=O) groups is 2. The third-order valence-electron chi connectivity index (χ3n) is 6.80. The van der Waals surface area contributed by atoms with Crippen LogP contribution in [-0.4, -0.2) is 55.9 Å². The molecule has 9 nitrogen and oxygen atoms in total. The van der Waals surface area contributed by atoms with Crippen LogP contribution in [-0.2, 0) is 30.7 Å². The summed E-state index contributed by atoms with van der Waals surface area (Å²) < 4.78 is 74.6. The van der Waals surface area contributed by atoms with Gasteiger partial charge in [-0.15, -0.1) is 0 Å². The standard InChI is InChI=1S/C20H21F3N4O5S/c1-18-8-13(25-33(30,31)26(3)4)19(2,32-18)15-14(18)16(28)27(17(15)29)11-6-5-10(9-24)12(7-11)20(21,22)23/h5-7,13-15,25H,8H2,1-4H3/t13-,14-,15+,18?,19?/m1/s1. The molecule has 1 N–H and O–H groups in total. The number of benzene rings is 1. The van der Waals surface area contributed by atoms with Crippen LogP contribution in [0.5, 0.6) is 0 Å². The van der Waals surface area contributed by atoms with Crippen LogP contribution in [0.3, 0.4) is 0 Å². The SMILES string of the molecule is CN(C)S(=O)(=O)N[C@@H]1CC2(C)OC1(C)[C@@H]1C(=O)N(c3ccc(C#N)c(C(F)(F)F)c3)C(=O)[C@@H]12. The number of ether oxygens (including phenoxy) is 1. The second kappa shape index (κ2) is 6.99. The molecule has 178 valence electrons. The second-order valence-corrected chi connectivity index (χ2v) is 11.0. The van der Waals surface area contributed by atoms with Crippen molar-refractivity contribution in [2.45, 2.75) is 43.7 Å². The van der Waals surface area contributed by atoms with Crippen molar-refractivity contribution in [1.29, 1.82) is 5.26 Å². The number of nitrogens with zero attached hydrogens (tertiary/aromatic N) is 3. The molecule has 3 saturated heterocycles. The fourth-order valence-corrected chi connectivity index (χ4v) is 6.14. The summed E-state index contributed by atoms with van der Waals surface area (Å²) >= 11 is 0. The van der Waals surface area contributed by atoms with Gasteiger partial charge in [0.1, 0.15) is 0 Å². The van der Waals surface area contributed by atoms with Crippen LogP contribution in [0.15, 0.2) is 18.2 Å². The van der Waals surface area contributed by atoms with E-state index < -0.39 is 68.4 Å². The lowest BCUT2D eigenvalue weighted by Gasteiger charge is -2.36. The Morgan fingerprint density at radius 3 is 2.36 bits per heavy atom. The lowest BCUT2D eigenvalue weighted by Crippen LogP contribution is -2.57. The van der Waals surface area contributed by atoms with Gasteiger partial charge >= 0.3 is 6.18 Å². The predicted octanol–water partition coefficient (Wildman–Crippen LogP) is 1.40. The van der Waals surface area contributed by atoms with Gasteiger partial charge in [0, 0.05) is 14.1 Å². The van der Waals surface area contributed by atoms with Crippen LogP contribution in [0.2, 0.25) is 0 Å². The fourth-order valence-electron chi connectivity index (χ4n) is 5.26. The molecule has 33 heavy (non-hydrogen) atoms. The lowest BCUT2D eigenvalue weighted by molar-refractivity contribution is -0.138. The third kappa shape index (κ3) is 3.27. The van der Waals surface area contributed by atoms with Gasteiger partial charge in [-0.05, 0) is 38.5 Å². The Hall–Kier alpha value is -2.53. The Bertz CT molecular complexity index is 1210. The van der Waals surface area contributed by atoms with Crippen molar-refractivity contribution in [3.05, 3.63) is 29.3 Å². The monoisotopic (exact) mass is 486 g/mol. The molecule has 0 aromatic heterocycles. The molecule has 1 aromatic carbocycles. The largest absolute Gasteiger partial charge is 0.417 e. The number of anilines is 1. The molecule has 2 bridgehead atoms. The van der Waals surface area contributed by atoms with Crippen molar-refractivity contribution < 1.29 is 35.9 Å². The molecule has 1 aromatic rings. The minimum Gasteiger partial charge on any atom is -0.366 e. The highest BCUT2D eigenvalue weighted by Gasteiger charge is 2.76. The molecule has 3 aliphatic heterocycles. The molecule has 5 atom stereocenters. The van der Waals surface area contributed by atoms with Gasteiger partial charge < -0.3 is 4.74 Å². The van der Waals surface area contributed by atoms with E-state index in [4.69, 9.17) is 10.00 Å². The number of hydrogen-bond donors (Lipinski definition) is 1. The summed E-state index contributed by atoms with van der Waals surface area (Å²) in [5, 5.41) is 9.01. The number of carbonyl (C=O) groups excluding carboxylic acids is 2. The van der Waals surface area contributed by atoms with Crippen LogP contribution in [0.4, 0.5) is 18.9 Å². The number of amides is 2. The number of nitrogens with one attached hydrogen (secondary N) is 1. The first-order valence-corrected chi connectivity index (χ1v) is 11.4. The van der Waals surface area contributed by atoms with Crippen molar-refractivity contribution in [1.82, 2.24) is 9.03 Å². The summed E-state index contributed by atoms with van der Waals surface area (Å²) in [6.07, 6.45) is -4.76. The van der Waals surface area contributed by atoms with E-state index in [1.165, 1.54) is 27.1 Å². The summed E-state index contributed by atoms with van der Waals surface area (Å²) in [4.78, 5) is 27.4. The van der Waals surface area contributed by atoms with Gasteiger partial charge in [0.25, 0.3) is 10.2 Å². The van der Waals surface area contributed by atoms with Gasteiger partial charge in [0.2, 0.25) is 11.8 Å². The van der Waals surface area contributed by atoms with E-state index in [2.05, 4.69) is 4.72 Å². The number of nitriles is 1. The number of imide groups is 1. The highest BCUT2D eigenvalue weighted by Crippen LogP contribution is 2.61. The van der Waals surface area contributed by atoms with Crippen molar-refractivity contribution in [3.63, 3.8) is 0 Å². The summed E-state index contributed by atoms with van der Waals surface area (Å²) in [5.41, 5.74) is -4.77. The maximum Gasteiger partial charge on any atom is 0.417 e. The summed E-state index contributed by atoms with van der Waals surface area (Å²) in [5.74, 6) is -3.57. The molecule has 0 radical (unpaired) electrons. The predicted molar refractivity (Wildman–Crippen MR) is 108 cm³/mol. The minimum atomic E-state index is -4.86. The number of hydrogen-bond acceptors (Lipinski definition) is 6. The molecule has 2 unspecified atom stereocenters. The lowest BCUT2D eigenvalue weighted by atomic mass is 9.67. The molecule has 13 heteroatoms. The van der Waals surface area contributed by atoms with Crippen LogP contribution in [0, 0.1) is 23.2 Å². The molecule has 3 fully saturated rings. The first-order valence-electron chi connectivity index (χ1n) is 9.96. The zero-order chi connectivity index (χ0) is 24.7. The Morgan fingerprint density at radius 2 is 1.82 bits per heavy atom. The average molecular weight is 486 g/mol. The van der Waals surface area contributed by atoms with E-state index in [9.17, 15) is 31.2 Å². The highest BCUT2D eigenvalue weighted by molar-refractivity contribution is 7.87. The van der Waals surface area contributed by atoms with Gasteiger partial charge in [-0.25, -0.2) is 4.90 Å². The Morgan fingerprint density at radius 1 is 1.21 bits per heavy atom. The Balaban J connectivity index is 1.75. The summed E-state index contributed by atoms with van der Waals surface area (Å²) in [6, 6.07) is 3.26. The van der Waals surface area contributed by atoms with E-state index >= 15 is 0 Å². The van der Waals surface area contributed by atoms with Crippen molar-refractivity contribution >= 4 is 27.7 Å². The maximum atomic E-state index is 13.4. The Kier molecular flexibility index (Phi) is 5.00. The number of alkyl halides is 3. The zero-order valence-electron chi connectivity index (χ0n) is 18.1. The van der Waals surface area contributed by atoms with Gasteiger partial charge in [-0.3, -0.25) is 9.59 Å². The molecule has 0 aliphatic carbocycles. The minimum absolute atomic E-state index is 0.103. The van der Waals surface area contributed by atoms with Crippen molar-refractivity contribution in [3.8, 4) is 6.07 Å². The molecular weight excluding hydrogens is 465 g/mol. The van der Waals surface area contributed by atoms with E-state index in [0.717, 1.165) is 16.4 Å². The first kappa shape index (κ1) is 23.6. The first-order chi connectivity index (χ1) is 15.1. The van der Waals surface area contributed by atoms with Gasteiger partial charge in [-0.1, -0.05) is 0 Å². The average Bonchev–Trinajstić information content (AvgIpc) is 3.21.